The monoisotopic (exact) mass is 505 g/mol. The maximum Gasteiger partial charge on any atom is 0.309 e. The van der Waals surface area contributed by atoms with E-state index in [9.17, 15) is 24.9 Å². The van der Waals surface area contributed by atoms with Gasteiger partial charge in [-0.2, -0.15) is 0 Å². The van der Waals surface area contributed by atoms with E-state index in [0.29, 0.717) is 24.1 Å². The number of hydrogen-bond acceptors (Lipinski definition) is 9. The fourth-order valence-corrected chi connectivity index (χ4v) is 4.69. The van der Waals surface area contributed by atoms with Crippen molar-refractivity contribution in [3.63, 3.8) is 0 Å². The zero-order valence-electron chi connectivity index (χ0n) is 21.9. The van der Waals surface area contributed by atoms with Crippen LogP contribution in [0.5, 0.6) is 0 Å². The van der Waals surface area contributed by atoms with E-state index < -0.39 is 41.2 Å². The molecule has 9 nitrogen and oxygen atoms in total. The van der Waals surface area contributed by atoms with Gasteiger partial charge in [-0.15, -0.1) is 0 Å². The summed E-state index contributed by atoms with van der Waals surface area (Å²) in [5, 5.41) is 30.8. The fraction of sp³-hybridized carbons (Fsp3) is 0.667. The Bertz CT molecular complexity index is 1010. The SMILES string of the molecule is C/C(=C\c1coc(CO)n1)C1CC2OC2(C)C/C=C\C(C)C(O)C(C)C(=O)C(C)(C)C(O)CC(=O)O1. The molecule has 0 saturated carbocycles. The minimum atomic E-state index is -1.29. The van der Waals surface area contributed by atoms with E-state index in [1.807, 2.05) is 26.0 Å². The van der Waals surface area contributed by atoms with Gasteiger partial charge in [-0.25, -0.2) is 4.98 Å². The van der Waals surface area contributed by atoms with Crippen LogP contribution in [0.1, 0.15) is 72.4 Å². The lowest BCUT2D eigenvalue weighted by molar-refractivity contribution is -0.154. The third-order valence-corrected chi connectivity index (χ3v) is 7.58. The molecule has 7 unspecified atom stereocenters. The van der Waals surface area contributed by atoms with E-state index in [0.717, 1.165) is 0 Å². The summed E-state index contributed by atoms with van der Waals surface area (Å²) < 4.78 is 16.9. The second-order valence-electron chi connectivity index (χ2n) is 10.9. The van der Waals surface area contributed by atoms with Crippen molar-refractivity contribution >= 4 is 17.8 Å². The number of Topliss-reactive ketones (excluding diaryl/α,β-unsaturated/α-hetero) is 1. The first-order chi connectivity index (χ1) is 16.8. The summed E-state index contributed by atoms with van der Waals surface area (Å²) in [5.74, 6) is -1.80. The normalized spacial score (nSPS) is 37.2. The van der Waals surface area contributed by atoms with Crippen molar-refractivity contribution in [2.24, 2.45) is 17.3 Å². The second kappa shape index (κ2) is 11.0. The van der Waals surface area contributed by atoms with Gasteiger partial charge in [0.1, 0.15) is 30.5 Å². The molecule has 1 aromatic rings. The van der Waals surface area contributed by atoms with Crippen LogP contribution in [-0.4, -0.2) is 62.1 Å². The molecule has 2 aliphatic heterocycles. The number of nitrogens with zero attached hydrogens (tertiary/aromatic N) is 1. The molecule has 3 heterocycles. The number of fused-ring (bicyclic) bond motifs is 1. The predicted octanol–water partition coefficient (Wildman–Crippen LogP) is 2.97. The molecule has 36 heavy (non-hydrogen) atoms. The Labute approximate surface area is 212 Å². The average molecular weight is 506 g/mol. The summed E-state index contributed by atoms with van der Waals surface area (Å²) >= 11 is 0. The number of oxazole rings is 1. The number of rotatable bonds is 3. The molecular formula is C27H39NO8. The molecule has 200 valence electrons. The van der Waals surface area contributed by atoms with Gasteiger partial charge in [0.15, 0.2) is 0 Å². The zero-order chi connectivity index (χ0) is 26.8. The van der Waals surface area contributed by atoms with E-state index >= 15 is 0 Å². The van der Waals surface area contributed by atoms with Gasteiger partial charge in [-0.05, 0) is 31.9 Å². The maximum absolute atomic E-state index is 13.2. The van der Waals surface area contributed by atoms with Crippen LogP contribution in [0, 0.1) is 17.3 Å². The molecule has 1 saturated heterocycles. The molecule has 1 fully saturated rings. The topological polar surface area (TPSA) is 143 Å². The lowest BCUT2D eigenvalue weighted by atomic mass is 9.73. The number of epoxide rings is 1. The summed E-state index contributed by atoms with van der Waals surface area (Å²) in [5.41, 5.74) is -0.523. The lowest BCUT2D eigenvalue weighted by Crippen LogP contribution is -2.45. The van der Waals surface area contributed by atoms with Crippen LogP contribution in [-0.2, 0) is 25.7 Å². The summed E-state index contributed by atoms with van der Waals surface area (Å²) in [7, 11) is 0. The van der Waals surface area contributed by atoms with Crippen LogP contribution in [0.4, 0.5) is 0 Å². The van der Waals surface area contributed by atoms with Gasteiger partial charge in [-0.3, -0.25) is 9.59 Å². The van der Waals surface area contributed by atoms with Gasteiger partial charge in [-0.1, -0.05) is 39.8 Å². The van der Waals surface area contributed by atoms with E-state index in [-0.39, 0.29) is 36.7 Å². The predicted molar refractivity (Wildman–Crippen MR) is 131 cm³/mol. The molecule has 3 N–H and O–H groups in total. The maximum atomic E-state index is 13.2. The van der Waals surface area contributed by atoms with Crippen LogP contribution < -0.4 is 0 Å². The molecule has 0 aromatic carbocycles. The lowest BCUT2D eigenvalue weighted by Gasteiger charge is -2.34. The molecule has 0 spiro atoms. The first kappa shape index (κ1) is 28.2. The number of carbonyl (C=O) groups excluding carboxylic acids is 2. The highest BCUT2D eigenvalue weighted by atomic mass is 16.6. The van der Waals surface area contributed by atoms with Crippen molar-refractivity contribution in [3.8, 4) is 0 Å². The molecule has 0 radical (unpaired) electrons. The largest absolute Gasteiger partial charge is 0.458 e. The van der Waals surface area contributed by atoms with Gasteiger partial charge in [0, 0.05) is 18.3 Å². The molecule has 0 aliphatic carbocycles. The van der Waals surface area contributed by atoms with Crippen molar-refractivity contribution in [2.45, 2.75) is 97.4 Å². The third kappa shape index (κ3) is 6.32. The van der Waals surface area contributed by atoms with Crippen LogP contribution in [0.3, 0.4) is 0 Å². The van der Waals surface area contributed by atoms with Crippen LogP contribution in [0.25, 0.3) is 6.08 Å². The van der Waals surface area contributed by atoms with Crippen LogP contribution >= 0.6 is 0 Å². The average Bonchev–Trinajstić information content (AvgIpc) is 3.23. The number of aromatic nitrogens is 1. The minimum Gasteiger partial charge on any atom is -0.458 e. The smallest absolute Gasteiger partial charge is 0.309 e. The number of carbonyl (C=O) groups is 2. The second-order valence-corrected chi connectivity index (χ2v) is 10.9. The first-order valence-electron chi connectivity index (χ1n) is 12.5. The van der Waals surface area contributed by atoms with Crippen LogP contribution in [0.2, 0.25) is 0 Å². The Balaban J connectivity index is 1.89. The molecule has 9 heteroatoms. The Morgan fingerprint density at radius 3 is 2.56 bits per heavy atom. The minimum absolute atomic E-state index is 0.163. The fourth-order valence-electron chi connectivity index (χ4n) is 4.69. The standard InChI is InChI=1S/C27H39NO8/c1-15-8-7-9-27(6)21(36-27)11-19(16(2)10-18-14-34-22(13-29)28-18)35-23(31)12-20(30)26(4,5)25(33)17(3)24(15)32/h7-8,10,14-15,17,19-21,24,29-30,32H,9,11-13H2,1-6H3/b8-7-,16-10+. The Morgan fingerprint density at radius 1 is 1.22 bits per heavy atom. The molecule has 0 amide bonds. The van der Waals surface area contributed by atoms with E-state index in [2.05, 4.69) is 4.98 Å². The molecule has 0 bridgehead atoms. The molecule has 3 rings (SSSR count). The van der Waals surface area contributed by atoms with E-state index in [4.69, 9.17) is 13.9 Å². The number of ether oxygens (including phenoxy) is 2. The summed E-state index contributed by atoms with van der Waals surface area (Å²) in [4.78, 5) is 30.3. The first-order valence-corrected chi connectivity index (χ1v) is 12.5. The Hall–Kier alpha value is -2.33. The summed E-state index contributed by atoms with van der Waals surface area (Å²) in [6.07, 6.45) is 4.56. The quantitative estimate of drug-likeness (QED) is 0.321. The van der Waals surface area contributed by atoms with E-state index in [1.165, 1.54) is 6.26 Å². The molecule has 1 aromatic heterocycles. The van der Waals surface area contributed by atoms with Crippen molar-refractivity contribution in [1.29, 1.82) is 0 Å². The molecule has 7 atom stereocenters. The summed E-state index contributed by atoms with van der Waals surface area (Å²) in [6.45, 7) is 10.1. The van der Waals surface area contributed by atoms with Gasteiger partial charge in [0.2, 0.25) is 5.89 Å². The highest BCUT2D eigenvalue weighted by Gasteiger charge is 2.52. The number of ketones is 1. The van der Waals surface area contributed by atoms with Gasteiger partial charge in [0.05, 0.1) is 35.7 Å². The van der Waals surface area contributed by atoms with Crippen LogP contribution in [0.15, 0.2) is 28.4 Å². The third-order valence-electron chi connectivity index (χ3n) is 7.58. The summed E-state index contributed by atoms with van der Waals surface area (Å²) in [6, 6.07) is 0. The Kier molecular flexibility index (Phi) is 8.60. The molecule has 2 aliphatic rings. The number of aliphatic hydroxyl groups is 3. The molecular weight excluding hydrogens is 466 g/mol. The zero-order valence-corrected chi connectivity index (χ0v) is 21.9. The number of esters is 1. The Morgan fingerprint density at radius 2 is 1.92 bits per heavy atom. The van der Waals surface area contributed by atoms with Gasteiger partial charge in [0.25, 0.3) is 0 Å². The van der Waals surface area contributed by atoms with E-state index in [1.54, 1.807) is 33.8 Å². The van der Waals surface area contributed by atoms with Gasteiger partial charge < -0.3 is 29.2 Å². The number of cyclic esters (lactones) is 1. The highest BCUT2D eigenvalue weighted by Crippen LogP contribution is 2.44. The van der Waals surface area contributed by atoms with Crippen molar-refractivity contribution in [3.05, 3.63) is 35.6 Å². The van der Waals surface area contributed by atoms with Gasteiger partial charge >= 0.3 is 5.97 Å². The number of hydrogen-bond donors (Lipinski definition) is 3. The van der Waals surface area contributed by atoms with Crippen molar-refractivity contribution in [2.75, 3.05) is 0 Å². The number of aliphatic hydroxyl groups excluding tert-OH is 3. The highest BCUT2D eigenvalue weighted by molar-refractivity contribution is 5.88. The van der Waals surface area contributed by atoms with Crippen molar-refractivity contribution in [1.82, 2.24) is 4.98 Å². The van der Waals surface area contributed by atoms with Crippen molar-refractivity contribution < 1.29 is 38.8 Å².